The molecule has 0 radical (unpaired) electrons. The summed E-state index contributed by atoms with van der Waals surface area (Å²) in [5, 5.41) is 8.38. The molecular formula is C13H13NO2. The van der Waals surface area contributed by atoms with E-state index in [0.29, 0.717) is 5.56 Å². The fraction of sp³-hybridized carbons (Fsp3) is 0.0769. The first-order chi connectivity index (χ1) is 7.70. The third kappa shape index (κ3) is 4.37. The summed E-state index contributed by atoms with van der Waals surface area (Å²) < 4.78 is 0. The molecule has 0 saturated heterocycles. The van der Waals surface area contributed by atoms with Crippen molar-refractivity contribution < 1.29 is 9.90 Å². The standard InChI is InChI=1S/C7H6O2.C6H7N/c8-7(9)6-4-2-1-3-5-6;1-6-2-4-7-5-3-6/h1-5H,(H,8,9);2-5H,1H3. The van der Waals surface area contributed by atoms with Crippen molar-refractivity contribution in [3.63, 3.8) is 0 Å². The first-order valence-electron chi connectivity index (χ1n) is 4.85. The molecule has 0 aliphatic carbocycles. The van der Waals surface area contributed by atoms with Crippen LogP contribution in [0.5, 0.6) is 0 Å². The number of hydrogen-bond acceptors (Lipinski definition) is 2. The van der Waals surface area contributed by atoms with Crippen LogP contribution in [0.3, 0.4) is 0 Å². The van der Waals surface area contributed by atoms with Crippen molar-refractivity contribution in [2.45, 2.75) is 6.92 Å². The zero-order chi connectivity index (χ0) is 11.8. The fourth-order valence-corrected chi connectivity index (χ4v) is 1.01. The van der Waals surface area contributed by atoms with Gasteiger partial charge in [0.25, 0.3) is 0 Å². The highest BCUT2D eigenvalue weighted by molar-refractivity contribution is 5.87. The first-order valence-corrected chi connectivity index (χ1v) is 4.85. The van der Waals surface area contributed by atoms with Gasteiger partial charge in [-0.25, -0.2) is 4.79 Å². The van der Waals surface area contributed by atoms with Gasteiger partial charge in [-0.1, -0.05) is 18.2 Å². The molecule has 0 aliphatic heterocycles. The molecule has 1 aromatic heterocycles. The van der Waals surface area contributed by atoms with Gasteiger partial charge in [0.2, 0.25) is 0 Å². The van der Waals surface area contributed by atoms with Gasteiger partial charge < -0.3 is 5.11 Å². The second-order valence-corrected chi connectivity index (χ2v) is 3.20. The Hall–Kier alpha value is -2.16. The highest BCUT2D eigenvalue weighted by atomic mass is 16.4. The maximum Gasteiger partial charge on any atom is 0.335 e. The van der Waals surface area contributed by atoms with Crippen LogP contribution in [0.25, 0.3) is 0 Å². The van der Waals surface area contributed by atoms with Crippen molar-refractivity contribution in [3.05, 3.63) is 66.0 Å². The van der Waals surface area contributed by atoms with E-state index in [0.717, 1.165) is 0 Å². The molecule has 3 nitrogen and oxygen atoms in total. The van der Waals surface area contributed by atoms with Gasteiger partial charge in [0.1, 0.15) is 0 Å². The van der Waals surface area contributed by atoms with Crippen LogP contribution in [-0.4, -0.2) is 16.1 Å². The molecule has 0 amide bonds. The van der Waals surface area contributed by atoms with E-state index in [2.05, 4.69) is 4.98 Å². The van der Waals surface area contributed by atoms with Crippen LogP contribution < -0.4 is 0 Å². The Morgan fingerprint density at radius 3 is 1.94 bits per heavy atom. The number of aryl methyl sites for hydroxylation is 1. The number of hydrogen-bond donors (Lipinski definition) is 1. The molecular weight excluding hydrogens is 202 g/mol. The largest absolute Gasteiger partial charge is 0.478 e. The van der Waals surface area contributed by atoms with Gasteiger partial charge in [-0.3, -0.25) is 4.98 Å². The summed E-state index contributed by atoms with van der Waals surface area (Å²) in [7, 11) is 0. The van der Waals surface area contributed by atoms with E-state index in [9.17, 15) is 4.79 Å². The van der Waals surface area contributed by atoms with Crippen LogP contribution in [0.2, 0.25) is 0 Å². The number of aromatic nitrogens is 1. The molecule has 1 N–H and O–H groups in total. The predicted octanol–water partition coefficient (Wildman–Crippen LogP) is 2.77. The number of aromatic carboxylic acids is 1. The Morgan fingerprint density at radius 1 is 1.06 bits per heavy atom. The molecule has 82 valence electrons. The van der Waals surface area contributed by atoms with Crippen LogP contribution in [0.4, 0.5) is 0 Å². The van der Waals surface area contributed by atoms with Gasteiger partial charge in [-0.15, -0.1) is 0 Å². The molecule has 2 rings (SSSR count). The van der Waals surface area contributed by atoms with Crippen LogP contribution >= 0.6 is 0 Å². The number of nitrogens with zero attached hydrogens (tertiary/aromatic N) is 1. The quantitative estimate of drug-likeness (QED) is 0.795. The minimum absolute atomic E-state index is 0.331. The number of pyridine rings is 1. The molecule has 16 heavy (non-hydrogen) atoms. The topological polar surface area (TPSA) is 50.2 Å². The van der Waals surface area contributed by atoms with Crippen molar-refractivity contribution in [2.24, 2.45) is 0 Å². The van der Waals surface area contributed by atoms with Crippen molar-refractivity contribution in [1.82, 2.24) is 4.98 Å². The van der Waals surface area contributed by atoms with Gasteiger partial charge in [0.05, 0.1) is 5.56 Å². The molecule has 0 spiro atoms. The van der Waals surface area contributed by atoms with E-state index in [1.807, 2.05) is 19.1 Å². The van der Waals surface area contributed by atoms with Gasteiger partial charge in [-0.05, 0) is 36.8 Å². The fourth-order valence-electron chi connectivity index (χ4n) is 1.01. The van der Waals surface area contributed by atoms with Crippen LogP contribution in [-0.2, 0) is 0 Å². The lowest BCUT2D eigenvalue weighted by atomic mass is 10.2. The Labute approximate surface area is 94.4 Å². The summed E-state index contributed by atoms with van der Waals surface area (Å²) >= 11 is 0. The summed E-state index contributed by atoms with van der Waals surface area (Å²) in [4.78, 5) is 14.0. The van der Waals surface area contributed by atoms with Gasteiger partial charge >= 0.3 is 5.97 Å². The maximum atomic E-state index is 10.2. The third-order valence-electron chi connectivity index (χ3n) is 1.87. The molecule has 0 aliphatic rings. The highest BCUT2D eigenvalue weighted by Crippen LogP contribution is 1.96. The third-order valence-corrected chi connectivity index (χ3v) is 1.87. The summed E-state index contributed by atoms with van der Waals surface area (Å²) in [6.07, 6.45) is 3.57. The van der Waals surface area contributed by atoms with E-state index in [1.165, 1.54) is 5.56 Å². The SMILES string of the molecule is Cc1ccncc1.O=C(O)c1ccccc1. The number of carbonyl (C=O) groups is 1. The second-order valence-electron chi connectivity index (χ2n) is 3.20. The lowest BCUT2D eigenvalue weighted by Crippen LogP contribution is -1.93. The number of rotatable bonds is 1. The molecule has 3 heteroatoms. The Bertz CT molecular complexity index is 426. The average Bonchev–Trinajstić information content (AvgIpc) is 2.32. The minimum atomic E-state index is -0.879. The Balaban J connectivity index is 0.000000165. The predicted molar refractivity (Wildman–Crippen MR) is 62.4 cm³/mol. The molecule has 2 aromatic rings. The monoisotopic (exact) mass is 215 g/mol. The van der Waals surface area contributed by atoms with E-state index in [4.69, 9.17) is 5.11 Å². The highest BCUT2D eigenvalue weighted by Gasteiger charge is 1.96. The molecule has 0 bridgehead atoms. The molecule has 0 fully saturated rings. The lowest BCUT2D eigenvalue weighted by Gasteiger charge is -1.88. The van der Waals surface area contributed by atoms with Gasteiger partial charge in [-0.2, -0.15) is 0 Å². The zero-order valence-electron chi connectivity index (χ0n) is 9.00. The number of carboxylic acid groups (broad SMARTS) is 1. The molecule has 1 aromatic carbocycles. The lowest BCUT2D eigenvalue weighted by molar-refractivity contribution is 0.0697. The van der Waals surface area contributed by atoms with E-state index >= 15 is 0 Å². The zero-order valence-corrected chi connectivity index (χ0v) is 9.00. The van der Waals surface area contributed by atoms with E-state index in [-0.39, 0.29) is 0 Å². The molecule has 0 saturated carbocycles. The summed E-state index contributed by atoms with van der Waals surface area (Å²) in [6, 6.07) is 12.2. The molecule has 1 heterocycles. The maximum absolute atomic E-state index is 10.2. The summed E-state index contributed by atoms with van der Waals surface area (Å²) in [5.41, 5.74) is 1.59. The van der Waals surface area contributed by atoms with E-state index in [1.54, 1.807) is 42.7 Å². The normalized spacial score (nSPS) is 8.81. The van der Waals surface area contributed by atoms with Crippen LogP contribution in [0.15, 0.2) is 54.9 Å². The Morgan fingerprint density at radius 2 is 1.62 bits per heavy atom. The van der Waals surface area contributed by atoms with Crippen molar-refractivity contribution >= 4 is 5.97 Å². The molecule has 0 atom stereocenters. The average molecular weight is 215 g/mol. The summed E-state index contributed by atoms with van der Waals surface area (Å²) in [6.45, 7) is 2.04. The Kier molecular flexibility index (Phi) is 4.73. The smallest absolute Gasteiger partial charge is 0.335 e. The van der Waals surface area contributed by atoms with Crippen molar-refractivity contribution in [1.29, 1.82) is 0 Å². The van der Waals surface area contributed by atoms with Crippen molar-refractivity contribution in [3.8, 4) is 0 Å². The number of benzene rings is 1. The van der Waals surface area contributed by atoms with Gasteiger partial charge in [0.15, 0.2) is 0 Å². The number of carboxylic acids is 1. The summed E-state index contributed by atoms with van der Waals surface area (Å²) in [5.74, 6) is -0.879. The van der Waals surface area contributed by atoms with Crippen LogP contribution in [0.1, 0.15) is 15.9 Å². The molecule has 0 unspecified atom stereocenters. The van der Waals surface area contributed by atoms with E-state index < -0.39 is 5.97 Å². The minimum Gasteiger partial charge on any atom is -0.478 e. The van der Waals surface area contributed by atoms with Gasteiger partial charge in [0, 0.05) is 12.4 Å². The van der Waals surface area contributed by atoms with Crippen molar-refractivity contribution in [2.75, 3.05) is 0 Å². The second kappa shape index (κ2) is 6.35. The first kappa shape index (κ1) is 11.9. The van der Waals surface area contributed by atoms with Crippen LogP contribution in [0, 0.1) is 6.92 Å².